The third-order valence-electron chi connectivity index (χ3n) is 4.36. The van der Waals surface area contributed by atoms with Crippen molar-refractivity contribution in [2.45, 2.75) is 13.0 Å². The summed E-state index contributed by atoms with van der Waals surface area (Å²) in [5, 5.41) is 9.30. The van der Waals surface area contributed by atoms with E-state index in [2.05, 4.69) is 35.4 Å². The molecule has 3 aromatic rings. The first-order valence-electron chi connectivity index (χ1n) is 8.29. The Balaban J connectivity index is 2.09. The molecule has 4 heteroatoms. The maximum Gasteiger partial charge on any atom is 0.205 e. The van der Waals surface area contributed by atoms with Crippen molar-refractivity contribution in [3.8, 4) is 0 Å². The fourth-order valence-corrected chi connectivity index (χ4v) is 6.11. The minimum absolute atomic E-state index is 0.0602. The van der Waals surface area contributed by atoms with Crippen LogP contribution >= 0.6 is 18.6 Å². The number of hydrogen-bond donors (Lipinski definition) is 1. The van der Waals surface area contributed by atoms with Crippen LogP contribution in [0.4, 0.5) is 0 Å². The molecule has 1 heterocycles. The minimum atomic E-state index is -2.98. The molecule has 0 aliphatic rings. The van der Waals surface area contributed by atoms with E-state index in [4.69, 9.17) is 0 Å². The topological polar surface area (TPSA) is 29.1 Å². The minimum Gasteiger partial charge on any atom is -0.297 e. The van der Waals surface area contributed by atoms with Gasteiger partial charge in [0.2, 0.25) is 7.29 Å². The predicted molar refractivity (Wildman–Crippen MR) is 109 cm³/mol. The fraction of sp³-hybridized carbons (Fsp3) is 0.143. The maximum absolute atomic E-state index is 14.2. The molecule has 0 aliphatic carbocycles. The first-order chi connectivity index (χ1) is 12.1. The van der Waals surface area contributed by atoms with Gasteiger partial charge in [-0.15, -0.1) is 6.58 Å². The summed E-state index contributed by atoms with van der Waals surface area (Å²) in [6.45, 7) is 6.04. The van der Waals surface area contributed by atoms with Crippen molar-refractivity contribution in [1.82, 2.24) is 5.09 Å². The molecule has 2 atom stereocenters. The lowest BCUT2D eigenvalue weighted by Crippen LogP contribution is -2.32. The summed E-state index contributed by atoms with van der Waals surface area (Å²) in [4.78, 5) is 0. The molecule has 1 N–H and O–H groups in total. The van der Waals surface area contributed by atoms with Crippen LogP contribution in [-0.2, 0) is 4.57 Å². The third kappa shape index (κ3) is 3.85. The van der Waals surface area contributed by atoms with E-state index in [1.54, 1.807) is 11.3 Å². The molecule has 0 saturated carbocycles. The van der Waals surface area contributed by atoms with E-state index in [9.17, 15) is 4.57 Å². The smallest absolute Gasteiger partial charge is 0.205 e. The van der Waals surface area contributed by atoms with Crippen LogP contribution in [-0.4, -0.2) is 0 Å². The van der Waals surface area contributed by atoms with Crippen LogP contribution < -0.4 is 15.7 Å². The van der Waals surface area contributed by atoms with Gasteiger partial charge in [-0.2, -0.15) is 11.3 Å². The zero-order valence-corrected chi connectivity index (χ0v) is 15.9. The van der Waals surface area contributed by atoms with Gasteiger partial charge in [0, 0.05) is 16.7 Å². The van der Waals surface area contributed by atoms with Crippen LogP contribution in [0.15, 0.2) is 90.1 Å². The average Bonchev–Trinajstić information content (AvgIpc) is 3.21. The van der Waals surface area contributed by atoms with Crippen LogP contribution in [0.25, 0.3) is 0 Å². The summed E-state index contributed by atoms with van der Waals surface area (Å²) in [7, 11) is -2.98. The van der Waals surface area contributed by atoms with Gasteiger partial charge in [0.1, 0.15) is 0 Å². The van der Waals surface area contributed by atoms with Crippen molar-refractivity contribution in [3.05, 3.63) is 95.7 Å². The monoisotopic (exact) mass is 367 g/mol. The molecule has 2 unspecified atom stereocenters. The first kappa shape index (κ1) is 17.9. The average molecular weight is 367 g/mol. The fourth-order valence-electron chi connectivity index (χ4n) is 2.85. The number of rotatable bonds is 7. The van der Waals surface area contributed by atoms with Crippen molar-refractivity contribution in [2.24, 2.45) is 5.92 Å². The summed E-state index contributed by atoms with van der Waals surface area (Å²) in [5.41, 5.74) is 1.14. The normalized spacial score (nSPS) is 14.0. The molecule has 0 saturated heterocycles. The predicted octanol–water partition coefficient (Wildman–Crippen LogP) is 5.13. The highest BCUT2D eigenvalue weighted by Crippen LogP contribution is 2.43. The molecule has 25 heavy (non-hydrogen) atoms. The zero-order chi connectivity index (χ0) is 17.7. The van der Waals surface area contributed by atoms with E-state index in [0.717, 1.165) is 16.2 Å². The van der Waals surface area contributed by atoms with Crippen LogP contribution in [0.3, 0.4) is 0 Å². The number of benzene rings is 2. The summed E-state index contributed by atoms with van der Waals surface area (Å²) in [6.07, 6.45) is 1.91. The highest BCUT2D eigenvalue weighted by molar-refractivity contribution is 7.76. The largest absolute Gasteiger partial charge is 0.297 e. The molecule has 128 valence electrons. The maximum atomic E-state index is 14.2. The molecule has 0 radical (unpaired) electrons. The van der Waals surface area contributed by atoms with Gasteiger partial charge in [-0.05, 0) is 52.6 Å². The molecular formula is C21H22NOPS. The van der Waals surface area contributed by atoms with Crippen molar-refractivity contribution in [2.75, 3.05) is 0 Å². The quantitative estimate of drug-likeness (QED) is 0.463. The van der Waals surface area contributed by atoms with E-state index in [1.165, 1.54) is 0 Å². The van der Waals surface area contributed by atoms with Gasteiger partial charge >= 0.3 is 0 Å². The Bertz CT molecular complexity index is 803. The highest BCUT2D eigenvalue weighted by atomic mass is 32.1. The van der Waals surface area contributed by atoms with Gasteiger partial charge in [0.25, 0.3) is 0 Å². The molecule has 0 bridgehead atoms. The highest BCUT2D eigenvalue weighted by Gasteiger charge is 2.32. The molecule has 0 aliphatic heterocycles. The van der Waals surface area contributed by atoms with Crippen molar-refractivity contribution in [3.63, 3.8) is 0 Å². The van der Waals surface area contributed by atoms with Crippen LogP contribution in [0, 0.1) is 5.92 Å². The second-order valence-corrected chi connectivity index (χ2v) is 9.33. The standard InChI is InChI=1S/C21H22NOPS/c1-3-17(2)21(18-14-15-25-16-18)22-24(23,19-10-6-4-7-11-19)20-12-8-5-9-13-20/h3-17,21H,1H2,2H3,(H,22,23). The number of thiophene rings is 1. The summed E-state index contributed by atoms with van der Waals surface area (Å²) < 4.78 is 14.2. The van der Waals surface area contributed by atoms with Crippen molar-refractivity contribution in [1.29, 1.82) is 0 Å². The lowest BCUT2D eigenvalue weighted by molar-refractivity contribution is 0.506. The lowest BCUT2D eigenvalue weighted by Gasteiger charge is -2.29. The molecule has 0 fully saturated rings. The van der Waals surface area contributed by atoms with Gasteiger partial charge in [-0.1, -0.05) is 49.4 Å². The van der Waals surface area contributed by atoms with E-state index in [0.29, 0.717) is 0 Å². The van der Waals surface area contributed by atoms with Crippen LogP contribution in [0.5, 0.6) is 0 Å². The Morgan fingerprint density at radius 3 is 2.00 bits per heavy atom. The van der Waals surface area contributed by atoms with Gasteiger partial charge < -0.3 is 0 Å². The number of hydrogen-bond acceptors (Lipinski definition) is 2. The Labute approximate surface area is 153 Å². The summed E-state index contributed by atoms with van der Waals surface area (Å²) in [6, 6.07) is 21.4. The Hall–Kier alpha value is -1.93. The van der Waals surface area contributed by atoms with Gasteiger partial charge in [0.15, 0.2) is 0 Å². The molecule has 0 amide bonds. The van der Waals surface area contributed by atoms with Gasteiger partial charge in [-0.25, -0.2) is 0 Å². The van der Waals surface area contributed by atoms with Crippen molar-refractivity contribution < 1.29 is 4.57 Å². The number of nitrogens with one attached hydrogen (secondary N) is 1. The zero-order valence-electron chi connectivity index (χ0n) is 14.2. The SMILES string of the molecule is C=CC(C)C(NP(=O)(c1ccccc1)c1ccccc1)c1ccsc1. The second-order valence-electron chi connectivity index (χ2n) is 6.04. The van der Waals surface area contributed by atoms with Gasteiger partial charge in [0.05, 0.1) is 0 Å². The van der Waals surface area contributed by atoms with Crippen LogP contribution in [0.1, 0.15) is 18.5 Å². The molecular weight excluding hydrogens is 345 g/mol. The molecule has 3 rings (SSSR count). The van der Waals surface area contributed by atoms with E-state index in [-0.39, 0.29) is 12.0 Å². The molecule has 2 aromatic carbocycles. The van der Waals surface area contributed by atoms with E-state index in [1.807, 2.05) is 66.7 Å². The van der Waals surface area contributed by atoms with Crippen molar-refractivity contribution >= 4 is 29.2 Å². The van der Waals surface area contributed by atoms with E-state index < -0.39 is 7.29 Å². The molecule has 2 nitrogen and oxygen atoms in total. The Morgan fingerprint density at radius 2 is 1.56 bits per heavy atom. The van der Waals surface area contributed by atoms with Gasteiger partial charge in [-0.3, -0.25) is 9.65 Å². The first-order valence-corrected chi connectivity index (χ1v) is 10.9. The molecule has 1 aromatic heterocycles. The molecule has 0 spiro atoms. The van der Waals surface area contributed by atoms with E-state index >= 15 is 0 Å². The Kier molecular flexibility index (Phi) is 5.70. The third-order valence-corrected chi connectivity index (χ3v) is 7.75. The summed E-state index contributed by atoms with van der Waals surface area (Å²) in [5.74, 6) is 0.148. The van der Waals surface area contributed by atoms with Crippen LogP contribution in [0.2, 0.25) is 0 Å². The Morgan fingerprint density at radius 1 is 1.00 bits per heavy atom. The second kappa shape index (κ2) is 7.97. The lowest BCUT2D eigenvalue weighted by atomic mass is 9.98. The summed E-state index contributed by atoms with van der Waals surface area (Å²) >= 11 is 1.65.